The number of rotatable bonds is 9. The smallest absolute Gasteiger partial charge is 0.0537 e. The van der Waals surface area contributed by atoms with Crippen LogP contribution in [0.15, 0.2) is 6.20 Å². The van der Waals surface area contributed by atoms with E-state index in [2.05, 4.69) is 55.9 Å². The molecule has 0 saturated carbocycles. The molecule has 1 heterocycles. The van der Waals surface area contributed by atoms with E-state index in [0.717, 1.165) is 32.0 Å². The van der Waals surface area contributed by atoms with Crippen molar-refractivity contribution in [1.29, 1.82) is 0 Å². The van der Waals surface area contributed by atoms with Gasteiger partial charge in [-0.05, 0) is 31.2 Å². The van der Waals surface area contributed by atoms with Gasteiger partial charge in [-0.15, -0.1) is 0 Å². The van der Waals surface area contributed by atoms with E-state index in [1.807, 2.05) is 0 Å². The second-order valence-electron chi connectivity index (χ2n) is 6.30. The highest BCUT2D eigenvalue weighted by molar-refractivity contribution is 5.18. The summed E-state index contributed by atoms with van der Waals surface area (Å²) >= 11 is 0. The van der Waals surface area contributed by atoms with Gasteiger partial charge in [0, 0.05) is 24.3 Å². The third-order valence-corrected chi connectivity index (χ3v) is 3.31. The molecule has 0 aliphatic carbocycles. The zero-order valence-corrected chi connectivity index (χ0v) is 13.4. The first kappa shape index (κ1) is 16.2. The molecule has 0 fully saturated rings. The third kappa shape index (κ3) is 5.77. The Kier molecular flexibility index (Phi) is 7.14. The quantitative estimate of drug-likeness (QED) is 0.739. The number of aromatic nitrogens is 2. The second-order valence-corrected chi connectivity index (χ2v) is 6.30. The Labute approximate surface area is 118 Å². The van der Waals surface area contributed by atoms with Crippen molar-refractivity contribution >= 4 is 0 Å². The maximum absolute atomic E-state index is 4.58. The van der Waals surface area contributed by atoms with E-state index in [1.165, 1.54) is 24.1 Å². The van der Waals surface area contributed by atoms with Gasteiger partial charge in [0.1, 0.15) is 0 Å². The van der Waals surface area contributed by atoms with Crippen LogP contribution in [0.25, 0.3) is 0 Å². The van der Waals surface area contributed by atoms with Crippen LogP contribution in [-0.4, -0.2) is 16.3 Å². The second kappa shape index (κ2) is 8.36. The lowest BCUT2D eigenvalue weighted by Gasteiger charge is -2.11. The van der Waals surface area contributed by atoms with Crippen LogP contribution in [0.4, 0.5) is 0 Å². The molecule has 3 heteroatoms. The molecule has 0 radical (unpaired) electrons. The molecule has 19 heavy (non-hydrogen) atoms. The van der Waals surface area contributed by atoms with E-state index in [0.29, 0.717) is 5.92 Å². The molecular formula is C16H31N3. The van der Waals surface area contributed by atoms with Gasteiger partial charge in [-0.3, -0.25) is 4.68 Å². The van der Waals surface area contributed by atoms with E-state index < -0.39 is 0 Å². The number of nitrogens with zero attached hydrogens (tertiary/aromatic N) is 2. The molecule has 0 saturated heterocycles. The van der Waals surface area contributed by atoms with Gasteiger partial charge in [-0.25, -0.2) is 0 Å². The fourth-order valence-corrected chi connectivity index (χ4v) is 2.19. The number of nitrogens with one attached hydrogen (secondary N) is 1. The summed E-state index contributed by atoms with van der Waals surface area (Å²) in [5.74, 6) is 1.44. The highest BCUT2D eigenvalue weighted by Gasteiger charge is 2.10. The normalized spacial score (nSPS) is 11.7. The fraction of sp³-hybridized carbons (Fsp3) is 0.812. The number of hydrogen-bond donors (Lipinski definition) is 1. The fourth-order valence-electron chi connectivity index (χ4n) is 2.19. The molecule has 1 aromatic heterocycles. The molecule has 1 aromatic rings. The summed E-state index contributed by atoms with van der Waals surface area (Å²) in [7, 11) is 0. The minimum atomic E-state index is 0.700. The first-order valence-corrected chi connectivity index (χ1v) is 7.78. The summed E-state index contributed by atoms with van der Waals surface area (Å²) in [6, 6.07) is 0. The summed E-state index contributed by atoms with van der Waals surface area (Å²) in [5.41, 5.74) is 2.81. The van der Waals surface area contributed by atoms with E-state index in [1.54, 1.807) is 0 Å². The summed E-state index contributed by atoms with van der Waals surface area (Å²) in [5, 5.41) is 8.11. The Morgan fingerprint density at radius 3 is 2.53 bits per heavy atom. The Morgan fingerprint density at radius 2 is 1.95 bits per heavy atom. The van der Waals surface area contributed by atoms with E-state index in [9.17, 15) is 0 Å². The number of hydrogen-bond acceptors (Lipinski definition) is 2. The Bertz CT molecular complexity index is 353. The lowest BCUT2D eigenvalue weighted by atomic mass is 10.1. The minimum Gasteiger partial charge on any atom is -0.312 e. The van der Waals surface area contributed by atoms with E-state index in [-0.39, 0.29) is 0 Å². The molecule has 110 valence electrons. The molecule has 0 unspecified atom stereocenters. The van der Waals surface area contributed by atoms with Crippen LogP contribution in [0.2, 0.25) is 0 Å². The molecular weight excluding hydrogens is 234 g/mol. The topological polar surface area (TPSA) is 29.9 Å². The third-order valence-electron chi connectivity index (χ3n) is 3.31. The van der Waals surface area contributed by atoms with Crippen molar-refractivity contribution in [2.24, 2.45) is 11.8 Å². The van der Waals surface area contributed by atoms with Gasteiger partial charge in [0.05, 0.1) is 6.20 Å². The highest BCUT2D eigenvalue weighted by atomic mass is 15.3. The Morgan fingerprint density at radius 1 is 1.21 bits per heavy atom. The van der Waals surface area contributed by atoms with Crippen LogP contribution in [0.1, 0.15) is 58.7 Å². The largest absolute Gasteiger partial charge is 0.312 e. The van der Waals surface area contributed by atoms with Crippen molar-refractivity contribution < 1.29 is 0 Å². The maximum atomic E-state index is 4.58. The van der Waals surface area contributed by atoms with Crippen LogP contribution in [0, 0.1) is 11.8 Å². The Balaban J connectivity index is 2.64. The zero-order chi connectivity index (χ0) is 14.3. The van der Waals surface area contributed by atoms with Crippen LogP contribution in [-0.2, 0) is 19.5 Å². The van der Waals surface area contributed by atoms with Crippen molar-refractivity contribution in [3.63, 3.8) is 0 Å². The number of aryl methyl sites for hydroxylation is 1. The van der Waals surface area contributed by atoms with E-state index in [4.69, 9.17) is 0 Å². The van der Waals surface area contributed by atoms with Crippen LogP contribution in [0.3, 0.4) is 0 Å². The molecule has 0 amide bonds. The van der Waals surface area contributed by atoms with Crippen LogP contribution in [0.5, 0.6) is 0 Å². The van der Waals surface area contributed by atoms with Crippen molar-refractivity contribution in [2.45, 2.75) is 67.0 Å². The van der Waals surface area contributed by atoms with Crippen molar-refractivity contribution in [1.82, 2.24) is 15.1 Å². The van der Waals surface area contributed by atoms with Crippen molar-refractivity contribution in [2.75, 3.05) is 6.54 Å². The molecule has 1 rings (SSSR count). The predicted molar refractivity (Wildman–Crippen MR) is 82.2 cm³/mol. The molecule has 0 aliphatic rings. The SMILES string of the molecule is CCCc1c(CNCC(C)C)cnn1CCC(C)C. The molecule has 0 atom stereocenters. The molecule has 0 spiro atoms. The van der Waals surface area contributed by atoms with Gasteiger partial charge in [0.2, 0.25) is 0 Å². The van der Waals surface area contributed by atoms with Gasteiger partial charge >= 0.3 is 0 Å². The highest BCUT2D eigenvalue weighted by Crippen LogP contribution is 2.13. The maximum Gasteiger partial charge on any atom is 0.0537 e. The lowest BCUT2D eigenvalue weighted by molar-refractivity contribution is 0.473. The van der Waals surface area contributed by atoms with Crippen LogP contribution < -0.4 is 5.32 Å². The van der Waals surface area contributed by atoms with E-state index >= 15 is 0 Å². The first-order valence-electron chi connectivity index (χ1n) is 7.78. The molecule has 3 nitrogen and oxygen atoms in total. The van der Waals surface area contributed by atoms with Gasteiger partial charge in [-0.2, -0.15) is 5.10 Å². The predicted octanol–water partition coefficient (Wildman–Crippen LogP) is 3.63. The monoisotopic (exact) mass is 265 g/mol. The van der Waals surface area contributed by atoms with Crippen molar-refractivity contribution in [3.05, 3.63) is 17.5 Å². The molecule has 0 bridgehead atoms. The first-order chi connectivity index (χ1) is 9.04. The summed E-state index contributed by atoms with van der Waals surface area (Å²) in [6.07, 6.45) is 5.58. The van der Waals surface area contributed by atoms with Gasteiger partial charge in [0.25, 0.3) is 0 Å². The van der Waals surface area contributed by atoms with Crippen LogP contribution >= 0.6 is 0 Å². The summed E-state index contributed by atoms with van der Waals surface area (Å²) in [6.45, 7) is 14.3. The average Bonchev–Trinajstić information content (AvgIpc) is 2.70. The van der Waals surface area contributed by atoms with Crippen molar-refractivity contribution in [3.8, 4) is 0 Å². The lowest BCUT2D eigenvalue weighted by Crippen LogP contribution is -2.19. The van der Waals surface area contributed by atoms with Gasteiger partial charge < -0.3 is 5.32 Å². The minimum absolute atomic E-state index is 0.700. The standard InChI is InChI=1S/C16H31N3/c1-6-7-16-15(11-17-10-14(4)5)12-18-19(16)9-8-13(2)3/h12-14,17H,6-11H2,1-5H3. The molecule has 0 aliphatic heterocycles. The van der Waals surface area contributed by atoms with Gasteiger partial charge in [-0.1, -0.05) is 41.0 Å². The Hall–Kier alpha value is -0.830. The zero-order valence-electron chi connectivity index (χ0n) is 13.4. The molecule has 0 aromatic carbocycles. The summed E-state index contributed by atoms with van der Waals surface area (Å²) < 4.78 is 2.22. The van der Waals surface area contributed by atoms with Gasteiger partial charge in [0.15, 0.2) is 0 Å². The summed E-state index contributed by atoms with van der Waals surface area (Å²) in [4.78, 5) is 0. The molecule has 1 N–H and O–H groups in total. The average molecular weight is 265 g/mol.